The van der Waals surface area contributed by atoms with Gasteiger partial charge in [0, 0.05) is 21.7 Å². The van der Waals surface area contributed by atoms with Gasteiger partial charge in [-0.15, -0.1) is 0 Å². The Labute approximate surface area is 168 Å². The molecule has 2 heteroatoms. The summed E-state index contributed by atoms with van der Waals surface area (Å²) in [5, 5.41) is 3.43. The first-order valence-electron chi connectivity index (χ1n) is 9.74. The van der Waals surface area contributed by atoms with Gasteiger partial charge < -0.3 is 4.42 Å². The van der Waals surface area contributed by atoms with Gasteiger partial charge in [0.25, 0.3) is 0 Å². The van der Waals surface area contributed by atoms with Crippen molar-refractivity contribution < 1.29 is 4.42 Å². The van der Waals surface area contributed by atoms with Crippen LogP contribution >= 0.6 is 0 Å². The van der Waals surface area contributed by atoms with Crippen molar-refractivity contribution in [2.45, 2.75) is 0 Å². The van der Waals surface area contributed by atoms with Crippen molar-refractivity contribution in [1.82, 2.24) is 4.98 Å². The molecular weight excluding hydrogens is 354 g/mol. The highest BCUT2D eigenvalue weighted by Gasteiger charge is 2.15. The summed E-state index contributed by atoms with van der Waals surface area (Å²) in [6.45, 7) is 0. The zero-order valence-electron chi connectivity index (χ0n) is 15.7. The van der Waals surface area contributed by atoms with Crippen LogP contribution in [0.15, 0.2) is 108 Å². The van der Waals surface area contributed by atoms with Gasteiger partial charge in [0.1, 0.15) is 11.2 Å². The van der Waals surface area contributed by atoms with Gasteiger partial charge in [0.15, 0.2) is 0 Å². The fourth-order valence-electron chi connectivity index (χ4n) is 4.15. The normalized spacial score (nSPS) is 11.4. The number of benzene rings is 4. The van der Waals surface area contributed by atoms with Gasteiger partial charge in [-0.05, 0) is 35.4 Å². The van der Waals surface area contributed by atoms with E-state index < -0.39 is 0 Å². The lowest BCUT2D eigenvalue weighted by Gasteiger charge is -2.11. The van der Waals surface area contributed by atoms with Crippen molar-refractivity contribution in [1.29, 1.82) is 0 Å². The molecule has 0 aliphatic carbocycles. The minimum atomic E-state index is 0.908. The van der Waals surface area contributed by atoms with E-state index in [1.54, 1.807) is 0 Å². The van der Waals surface area contributed by atoms with E-state index in [9.17, 15) is 0 Å². The Hall–Kier alpha value is -3.91. The molecule has 4 aromatic carbocycles. The number of rotatable bonds is 2. The SMILES string of the molecule is c1ccc(-c2cc(-c3cccc4oc5ccccc5c34)c3ccccc3n2)cc1. The van der Waals surface area contributed by atoms with Crippen molar-refractivity contribution in [2.75, 3.05) is 0 Å². The summed E-state index contributed by atoms with van der Waals surface area (Å²) in [7, 11) is 0. The summed E-state index contributed by atoms with van der Waals surface area (Å²) in [5.74, 6) is 0. The molecule has 2 heterocycles. The average molecular weight is 371 g/mol. The van der Waals surface area contributed by atoms with Gasteiger partial charge in [0.2, 0.25) is 0 Å². The number of para-hydroxylation sites is 2. The van der Waals surface area contributed by atoms with E-state index in [0.29, 0.717) is 0 Å². The van der Waals surface area contributed by atoms with Crippen LogP contribution in [-0.4, -0.2) is 4.98 Å². The average Bonchev–Trinajstić information content (AvgIpc) is 3.18. The van der Waals surface area contributed by atoms with Crippen molar-refractivity contribution >= 4 is 32.8 Å². The van der Waals surface area contributed by atoms with Crippen molar-refractivity contribution in [3.8, 4) is 22.4 Å². The van der Waals surface area contributed by atoms with Crippen LogP contribution in [0.2, 0.25) is 0 Å². The van der Waals surface area contributed by atoms with Crippen LogP contribution in [0, 0.1) is 0 Å². The maximum atomic E-state index is 6.13. The van der Waals surface area contributed by atoms with Crippen molar-refractivity contribution in [3.63, 3.8) is 0 Å². The van der Waals surface area contributed by atoms with Gasteiger partial charge in [-0.3, -0.25) is 0 Å². The predicted molar refractivity (Wildman–Crippen MR) is 120 cm³/mol. The lowest BCUT2D eigenvalue weighted by Crippen LogP contribution is -1.90. The smallest absolute Gasteiger partial charge is 0.136 e. The second-order valence-corrected chi connectivity index (χ2v) is 7.22. The van der Waals surface area contributed by atoms with Crippen molar-refractivity contribution in [3.05, 3.63) is 103 Å². The number of hydrogen-bond acceptors (Lipinski definition) is 2. The molecule has 0 saturated carbocycles. The van der Waals surface area contributed by atoms with Crippen LogP contribution in [0.4, 0.5) is 0 Å². The molecule has 2 nitrogen and oxygen atoms in total. The van der Waals surface area contributed by atoms with Gasteiger partial charge in [0.05, 0.1) is 11.2 Å². The van der Waals surface area contributed by atoms with E-state index in [-0.39, 0.29) is 0 Å². The molecule has 0 saturated heterocycles. The molecule has 0 radical (unpaired) electrons. The fourth-order valence-corrected chi connectivity index (χ4v) is 4.15. The maximum Gasteiger partial charge on any atom is 0.136 e. The van der Waals surface area contributed by atoms with Gasteiger partial charge in [-0.25, -0.2) is 4.98 Å². The van der Waals surface area contributed by atoms with Crippen LogP contribution < -0.4 is 0 Å². The summed E-state index contributed by atoms with van der Waals surface area (Å²) < 4.78 is 6.13. The van der Waals surface area contributed by atoms with Crippen LogP contribution in [-0.2, 0) is 0 Å². The molecule has 0 amide bonds. The molecule has 6 rings (SSSR count). The third-order valence-electron chi connectivity index (χ3n) is 5.48. The van der Waals surface area contributed by atoms with E-state index in [2.05, 4.69) is 72.8 Å². The first-order chi connectivity index (χ1) is 14.4. The number of aromatic nitrogens is 1. The summed E-state index contributed by atoms with van der Waals surface area (Å²) in [6.07, 6.45) is 0. The number of fused-ring (bicyclic) bond motifs is 4. The number of hydrogen-bond donors (Lipinski definition) is 0. The minimum absolute atomic E-state index is 0.908. The molecule has 0 bridgehead atoms. The lowest BCUT2D eigenvalue weighted by molar-refractivity contribution is 0.669. The quantitative estimate of drug-likeness (QED) is 0.315. The fraction of sp³-hybridized carbons (Fsp3) is 0. The molecule has 0 atom stereocenters. The summed E-state index contributed by atoms with van der Waals surface area (Å²) in [5.41, 5.74) is 7.25. The third-order valence-corrected chi connectivity index (χ3v) is 5.48. The van der Waals surface area contributed by atoms with E-state index in [4.69, 9.17) is 9.40 Å². The van der Waals surface area contributed by atoms with Crippen molar-refractivity contribution in [2.24, 2.45) is 0 Å². The van der Waals surface area contributed by atoms with Crippen LogP contribution in [0.3, 0.4) is 0 Å². The minimum Gasteiger partial charge on any atom is -0.456 e. The Morgan fingerprint density at radius 2 is 1.28 bits per heavy atom. The standard InChI is InChI=1S/C27H17NO/c1-2-9-18(10-3-1)24-17-22(19-11-4-6-14-23(19)28-24)20-13-8-16-26-27(20)21-12-5-7-15-25(21)29-26/h1-17H. The van der Waals surface area contributed by atoms with Crippen LogP contribution in [0.25, 0.3) is 55.2 Å². The molecule has 6 aromatic rings. The molecular formula is C27H17NO. The van der Waals surface area contributed by atoms with E-state index >= 15 is 0 Å². The van der Waals surface area contributed by atoms with Gasteiger partial charge >= 0.3 is 0 Å². The number of furan rings is 1. The van der Waals surface area contributed by atoms with Crippen LogP contribution in [0.5, 0.6) is 0 Å². The Morgan fingerprint density at radius 1 is 0.552 bits per heavy atom. The molecule has 29 heavy (non-hydrogen) atoms. The molecule has 0 N–H and O–H groups in total. The Kier molecular flexibility index (Phi) is 3.50. The summed E-state index contributed by atoms with van der Waals surface area (Å²) in [6, 6.07) is 35.4. The lowest BCUT2D eigenvalue weighted by atomic mass is 9.95. The Morgan fingerprint density at radius 3 is 2.17 bits per heavy atom. The monoisotopic (exact) mass is 371 g/mol. The molecule has 136 valence electrons. The maximum absolute atomic E-state index is 6.13. The van der Waals surface area contributed by atoms with Gasteiger partial charge in [-0.1, -0.05) is 78.9 Å². The molecule has 0 aliphatic rings. The van der Waals surface area contributed by atoms with E-state index in [1.807, 2.05) is 30.3 Å². The highest BCUT2D eigenvalue weighted by atomic mass is 16.3. The number of nitrogens with zero attached hydrogens (tertiary/aromatic N) is 1. The molecule has 0 spiro atoms. The molecule has 0 fully saturated rings. The molecule has 0 unspecified atom stereocenters. The second-order valence-electron chi connectivity index (χ2n) is 7.22. The first kappa shape index (κ1) is 16.1. The predicted octanol–water partition coefficient (Wildman–Crippen LogP) is 7.47. The van der Waals surface area contributed by atoms with E-state index in [1.165, 1.54) is 11.1 Å². The number of pyridine rings is 1. The largest absolute Gasteiger partial charge is 0.456 e. The van der Waals surface area contributed by atoms with E-state index in [0.717, 1.165) is 44.1 Å². The molecule has 2 aromatic heterocycles. The molecule has 0 aliphatic heterocycles. The summed E-state index contributed by atoms with van der Waals surface area (Å²) in [4.78, 5) is 4.94. The Balaban J connectivity index is 1.74. The summed E-state index contributed by atoms with van der Waals surface area (Å²) >= 11 is 0. The Bertz CT molecular complexity index is 1500. The topological polar surface area (TPSA) is 26.0 Å². The third kappa shape index (κ3) is 2.54. The highest BCUT2D eigenvalue weighted by molar-refractivity contribution is 6.15. The zero-order valence-corrected chi connectivity index (χ0v) is 15.7. The highest BCUT2D eigenvalue weighted by Crippen LogP contribution is 2.40. The first-order valence-corrected chi connectivity index (χ1v) is 9.74. The van der Waals surface area contributed by atoms with Gasteiger partial charge in [-0.2, -0.15) is 0 Å². The second kappa shape index (κ2) is 6.32. The van der Waals surface area contributed by atoms with Crippen LogP contribution in [0.1, 0.15) is 0 Å². The zero-order chi connectivity index (χ0) is 19.2.